The molecule has 0 aromatic carbocycles. The number of hydrogen-bond donors (Lipinski definition) is 1. The lowest BCUT2D eigenvalue weighted by atomic mass is 10.1. The molecule has 2 heteroatoms. The van der Waals surface area contributed by atoms with Gasteiger partial charge in [0.25, 0.3) is 0 Å². The molecule has 0 amide bonds. The molecule has 2 atom stereocenters. The summed E-state index contributed by atoms with van der Waals surface area (Å²) in [6.45, 7) is 1.27. The Morgan fingerprint density at radius 2 is 2.33 bits per heavy atom. The van der Waals surface area contributed by atoms with Crippen molar-refractivity contribution >= 4 is 11.8 Å². The van der Waals surface area contributed by atoms with Crippen molar-refractivity contribution in [2.24, 2.45) is 0 Å². The maximum atomic E-state index is 3.56. The maximum Gasteiger partial charge on any atom is 0.0277 e. The van der Waals surface area contributed by atoms with Crippen LogP contribution in [0.3, 0.4) is 0 Å². The summed E-state index contributed by atoms with van der Waals surface area (Å²) in [4.78, 5) is 0. The number of thioether (sulfide) groups is 1. The lowest BCUT2D eigenvalue weighted by Gasteiger charge is -2.34. The fourth-order valence-corrected chi connectivity index (χ4v) is 2.77. The molecule has 0 saturated carbocycles. The van der Waals surface area contributed by atoms with Gasteiger partial charge in [0.2, 0.25) is 0 Å². The minimum absolute atomic E-state index is 0.887. The fraction of sp³-hybridized carbons (Fsp3) is 1.00. The van der Waals surface area contributed by atoms with E-state index in [0.29, 0.717) is 0 Å². The SMILES string of the molecule is C1CCC2SCC2NC1. The van der Waals surface area contributed by atoms with Gasteiger partial charge in [0.15, 0.2) is 0 Å². The second kappa shape index (κ2) is 2.51. The first-order chi connectivity index (χ1) is 4.47. The molecule has 1 nitrogen and oxygen atoms in total. The molecule has 0 aromatic heterocycles. The van der Waals surface area contributed by atoms with E-state index < -0.39 is 0 Å². The van der Waals surface area contributed by atoms with E-state index in [1.54, 1.807) is 0 Å². The van der Waals surface area contributed by atoms with Crippen LogP contribution in [-0.4, -0.2) is 23.6 Å². The van der Waals surface area contributed by atoms with E-state index in [-0.39, 0.29) is 0 Å². The Hall–Kier alpha value is 0.310. The predicted octanol–water partition coefficient (Wildman–Crippen LogP) is 1.24. The minimum atomic E-state index is 0.887. The molecule has 2 unspecified atom stereocenters. The average molecular weight is 143 g/mol. The van der Waals surface area contributed by atoms with Crippen molar-refractivity contribution in [2.75, 3.05) is 12.3 Å². The molecule has 52 valence electrons. The molecule has 0 bridgehead atoms. The Morgan fingerprint density at radius 1 is 1.33 bits per heavy atom. The van der Waals surface area contributed by atoms with E-state index in [2.05, 4.69) is 17.1 Å². The Kier molecular flexibility index (Phi) is 1.68. The predicted molar refractivity (Wildman–Crippen MR) is 41.9 cm³/mol. The van der Waals surface area contributed by atoms with Gasteiger partial charge in [-0.1, -0.05) is 6.42 Å². The highest BCUT2D eigenvalue weighted by Gasteiger charge is 2.31. The first-order valence-electron chi connectivity index (χ1n) is 3.82. The molecule has 0 spiro atoms. The van der Waals surface area contributed by atoms with Gasteiger partial charge in [0, 0.05) is 17.0 Å². The van der Waals surface area contributed by atoms with Crippen molar-refractivity contribution in [3.8, 4) is 0 Å². The second-order valence-electron chi connectivity index (χ2n) is 2.93. The Balaban J connectivity index is 1.90. The van der Waals surface area contributed by atoms with Crippen LogP contribution in [0.5, 0.6) is 0 Å². The molecular weight excluding hydrogens is 130 g/mol. The van der Waals surface area contributed by atoms with Crippen LogP contribution < -0.4 is 5.32 Å². The zero-order valence-corrected chi connectivity index (χ0v) is 6.41. The Labute approximate surface area is 60.6 Å². The average Bonchev–Trinajstić information content (AvgIpc) is 1.94. The summed E-state index contributed by atoms with van der Waals surface area (Å²) in [5.41, 5.74) is 0. The summed E-state index contributed by atoms with van der Waals surface area (Å²) in [7, 11) is 0. The van der Waals surface area contributed by atoms with Gasteiger partial charge < -0.3 is 5.32 Å². The maximum absolute atomic E-state index is 3.56. The van der Waals surface area contributed by atoms with Crippen molar-refractivity contribution in [1.29, 1.82) is 0 Å². The number of nitrogens with one attached hydrogen (secondary N) is 1. The lowest BCUT2D eigenvalue weighted by Crippen LogP contribution is -2.46. The van der Waals surface area contributed by atoms with Crippen LogP contribution in [0.2, 0.25) is 0 Å². The van der Waals surface area contributed by atoms with Crippen molar-refractivity contribution in [3.63, 3.8) is 0 Å². The fourth-order valence-electron chi connectivity index (χ4n) is 1.56. The third-order valence-electron chi connectivity index (χ3n) is 2.26. The summed E-state index contributed by atoms with van der Waals surface area (Å²) in [6, 6.07) is 0.887. The number of rotatable bonds is 0. The molecule has 1 N–H and O–H groups in total. The van der Waals surface area contributed by atoms with Crippen LogP contribution in [0.4, 0.5) is 0 Å². The summed E-state index contributed by atoms with van der Waals surface area (Å²) in [5.74, 6) is 1.37. The highest BCUT2D eigenvalue weighted by Crippen LogP contribution is 2.33. The van der Waals surface area contributed by atoms with Crippen molar-refractivity contribution < 1.29 is 0 Å². The van der Waals surface area contributed by atoms with E-state index in [0.717, 1.165) is 11.3 Å². The van der Waals surface area contributed by atoms with Gasteiger partial charge in [-0.25, -0.2) is 0 Å². The Morgan fingerprint density at radius 3 is 3.11 bits per heavy atom. The molecule has 0 aliphatic carbocycles. The van der Waals surface area contributed by atoms with Gasteiger partial charge in [0.1, 0.15) is 0 Å². The van der Waals surface area contributed by atoms with Crippen LogP contribution in [0, 0.1) is 0 Å². The first kappa shape index (κ1) is 6.05. The van der Waals surface area contributed by atoms with E-state index in [1.807, 2.05) is 0 Å². The first-order valence-corrected chi connectivity index (χ1v) is 4.87. The van der Waals surface area contributed by atoms with Crippen LogP contribution in [0.1, 0.15) is 19.3 Å². The van der Waals surface area contributed by atoms with Crippen molar-refractivity contribution in [2.45, 2.75) is 30.6 Å². The highest BCUT2D eigenvalue weighted by molar-refractivity contribution is 8.01. The third kappa shape index (κ3) is 1.10. The van der Waals surface area contributed by atoms with Crippen LogP contribution in [0.15, 0.2) is 0 Å². The van der Waals surface area contributed by atoms with Gasteiger partial charge in [-0.3, -0.25) is 0 Å². The normalized spacial score (nSPS) is 42.7. The van der Waals surface area contributed by atoms with Crippen LogP contribution >= 0.6 is 11.8 Å². The number of fused-ring (bicyclic) bond motifs is 1. The van der Waals surface area contributed by atoms with E-state index >= 15 is 0 Å². The molecule has 2 aliphatic heterocycles. The monoisotopic (exact) mass is 143 g/mol. The van der Waals surface area contributed by atoms with Crippen molar-refractivity contribution in [1.82, 2.24) is 5.32 Å². The van der Waals surface area contributed by atoms with Crippen LogP contribution in [0.25, 0.3) is 0 Å². The Bertz CT molecular complexity index is 93.1. The topological polar surface area (TPSA) is 12.0 Å². The van der Waals surface area contributed by atoms with Gasteiger partial charge >= 0.3 is 0 Å². The zero-order chi connectivity index (χ0) is 6.10. The second-order valence-corrected chi connectivity index (χ2v) is 4.20. The zero-order valence-electron chi connectivity index (χ0n) is 5.60. The molecule has 2 fully saturated rings. The van der Waals surface area contributed by atoms with E-state index in [9.17, 15) is 0 Å². The molecule has 2 aliphatic rings. The third-order valence-corrected chi connectivity index (χ3v) is 3.80. The van der Waals surface area contributed by atoms with Gasteiger partial charge in [-0.15, -0.1) is 0 Å². The van der Waals surface area contributed by atoms with Crippen molar-refractivity contribution in [3.05, 3.63) is 0 Å². The molecular formula is C7H13NS. The summed E-state index contributed by atoms with van der Waals surface area (Å²) < 4.78 is 0. The minimum Gasteiger partial charge on any atom is -0.312 e. The lowest BCUT2D eigenvalue weighted by molar-refractivity contribution is 0.540. The largest absolute Gasteiger partial charge is 0.312 e. The molecule has 2 heterocycles. The van der Waals surface area contributed by atoms with Crippen LogP contribution in [-0.2, 0) is 0 Å². The van der Waals surface area contributed by atoms with E-state index in [1.165, 1.54) is 31.6 Å². The van der Waals surface area contributed by atoms with E-state index in [4.69, 9.17) is 0 Å². The van der Waals surface area contributed by atoms with Gasteiger partial charge in [0.05, 0.1) is 0 Å². The molecule has 2 rings (SSSR count). The molecule has 0 radical (unpaired) electrons. The molecule has 2 saturated heterocycles. The van der Waals surface area contributed by atoms with Gasteiger partial charge in [-0.05, 0) is 19.4 Å². The summed E-state index contributed by atoms with van der Waals surface area (Å²) >= 11 is 2.14. The highest BCUT2D eigenvalue weighted by atomic mass is 32.2. The molecule has 0 aromatic rings. The molecule has 9 heavy (non-hydrogen) atoms. The smallest absolute Gasteiger partial charge is 0.0277 e. The quantitative estimate of drug-likeness (QED) is 0.547. The summed E-state index contributed by atoms with van der Waals surface area (Å²) in [5, 5.41) is 4.54. The number of hydrogen-bond acceptors (Lipinski definition) is 2. The van der Waals surface area contributed by atoms with Gasteiger partial charge in [-0.2, -0.15) is 11.8 Å². The summed E-state index contributed by atoms with van der Waals surface area (Å²) in [6.07, 6.45) is 4.30. The standard InChI is InChI=1S/C7H13NS/c1-2-4-8-6-5-9-7(6)3-1/h6-8H,1-5H2.